The molecule has 1 aliphatic heterocycles. The van der Waals surface area contributed by atoms with Crippen LogP contribution in [-0.2, 0) is 0 Å². The fourth-order valence-electron chi connectivity index (χ4n) is 2.01. The lowest BCUT2D eigenvalue weighted by atomic mass is 9.93. The van der Waals surface area contributed by atoms with Gasteiger partial charge in [-0.1, -0.05) is 13.8 Å². The highest BCUT2D eigenvalue weighted by atomic mass is 15.2. The third kappa shape index (κ3) is 2.06. The number of hydrogen-bond acceptors (Lipinski definition) is 3. The van der Waals surface area contributed by atoms with Gasteiger partial charge in [0.1, 0.15) is 5.82 Å². The quantitative estimate of drug-likeness (QED) is 0.764. The van der Waals surface area contributed by atoms with Gasteiger partial charge in [0.05, 0.1) is 0 Å². The minimum absolute atomic E-state index is 0.404. The summed E-state index contributed by atoms with van der Waals surface area (Å²) in [5.74, 6) is 1.02. The van der Waals surface area contributed by atoms with Gasteiger partial charge in [0.15, 0.2) is 0 Å². The Morgan fingerprint density at radius 2 is 2.20 bits per heavy atom. The van der Waals surface area contributed by atoms with Crippen LogP contribution < -0.4 is 10.6 Å². The summed E-state index contributed by atoms with van der Waals surface area (Å²) >= 11 is 0. The van der Waals surface area contributed by atoms with Crippen LogP contribution in [0.25, 0.3) is 0 Å². The molecular weight excluding hydrogens is 186 g/mol. The number of pyridine rings is 1. The summed E-state index contributed by atoms with van der Waals surface area (Å²) in [6.07, 6.45) is 3.08. The van der Waals surface area contributed by atoms with Crippen molar-refractivity contribution < 1.29 is 0 Å². The number of nitrogens with zero attached hydrogens (tertiary/aromatic N) is 2. The fourth-order valence-corrected chi connectivity index (χ4v) is 2.01. The lowest BCUT2D eigenvalue weighted by Gasteiger charge is -2.21. The SMILES string of the molecule is Cc1cnc(N2CCC(C)(C)C2)cc1N. The van der Waals surface area contributed by atoms with Crippen molar-refractivity contribution in [3.8, 4) is 0 Å². The zero-order chi connectivity index (χ0) is 11.1. The number of rotatable bonds is 1. The van der Waals surface area contributed by atoms with Crippen LogP contribution in [-0.4, -0.2) is 18.1 Å². The summed E-state index contributed by atoms with van der Waals surface area (Å²) in [6, 6.07) is 1.98. The van der Waals surface area contributed by atoms with Crippen LogP contribution in [0.4, 0.5) is 11.5 Å². The second-order valence-electron chi connectivity index (χ2n) is 5.23. The Bertz CT molecular complexity index is 371. The van der Waals surface area contributed by atoms with Gasteiger partial charge in [-0.15, -0.1) is 0 Å². The number of aromatic nitrogens is 1. The summed E-state index contributed by atoms with van der Waals surface area (Å²) in [5.41, 5.74) is 8.18. The molecular formula is C12H19N3. The largest absolute Gasteiger partial charge is 0.398 e. The Hall–Kier alpha value is -1.25. The van der Waals surface area contributed by atoms with Crippen molar-refractivity contribution in [2.45, 2.75) is 27.2 Å². The van der Waals surface area contributed by atoms with Crippen molar-refractivity contribution in [3.63, 3.8) is 0 Å². The molecule has 15 heavy (non-hydrogen) atoms. The molecule has 3 heteroatoms. The minimum Gasteiger partial charge on any atom is -0.398 e. The molecule has 1 aliphatic rings. The van der Waals surface area contributed by atoms with E-state index in [4.69, 9.17) is 5.73 Å². The van der Waals surface area contributed by atoms with Gasteiger partial charge in [-0.05, 0) is 24.3 Å². The zero-order valence-electron chi connectivity index (χ0n) is 9.75. The second-order valence-corrected chi connectivity index (χ2v) is 5.23. The first-order valence-corrected chi connectivity index (χ1v) is 5.45. The van der Waals surface area contributed by atoms with Gasteiger partial charge < -0.3 is 10.6 Å². The van der Waals surface area contributed by atoms with Crippen LogP contribution in [0.15, 0.2) is 12.3 Å². The molecule has 0 aromatic carbocycles. The lowest BCUT2D eigenvalue weighted by Crippen LogP contribution is -2.23. The maximum absolute atomic E-state index is 5.89. The Morgan fingerprint density at radius 3 is 2.73 bits per heavy atom. The summed E-state index contributed by atoms with van der Waals surface area (Å²) in [7, 11) is 0. The lowest BCUT2D eigenvalue weighted by molar-refractivity contribution is 0.418. The average Bonchev–Trinajstić information content (AvgIpc) is 2.51. The van der Waals surface area contributed by atoms with Crippen molar-refractivity contribution in [1.82, 2.24) is 4.98 Å². The fraction of sp³-hybridized carbons (Fsp3) is 0.583. The maximum atomic E-state index is 5.89. The molecule has 2 heterocycles. The smallest absolute Gasteiger partial charge is 0.130 e. The van der Waals surface area contributed by atoms with Gasteiger partial charge in [0.25, 0.3) is 0 Å². The third-order valence-corrected chi connectivity index (χ3v) is 3.13. The minimum atomic E-state index is 0.404. The van der Waals surface area contributed by atoms with E-state index in [0.717, 1.165) is 30.2 Å². The van der Waals surface area contributed by atoms with Crippen molar-refractivity contribution in [1.29, 1.82) is 0 Å². The van der Waals surface area contributed by atoms with Crippen LogP contribution in [0, 0.1) is 12.3 Å². The predicted octanol–water partition coefficient (Wildman–Crippen LogP) is 2.21. The van der Waals surface area contributed by atoms with Gasteiger partial charge in [-0.3, -0.25) is 0 Å². The summed E-state index contributed by atoms with van der Waals surface area (Å²) in [5, 5.41) is 0. The van der Waals surface area contributed by atoms with Crippen molar-refractivity contribution in [2.75, 3.05) is 23.7 Å². The van der Waals surface area contributed by atoms with E-state index >= 15 is 0 Å². The van der Waals surface area contributed by atoms with Crippen molar-refractivity contribution in [2.24, 2.45) is 5.41 Å². The van der Waals surface area contributed by atoms with E-state index in [9.17, 15) is 0 Å². The predicted molar refractivity (Wildman–Crippen MR) is 64.0 cm³/mol. The third-order valence-electron chi connectivity index (χ3n) is 3.13. The molecule has 0 radical (unpaired) electrons. The van der Waals surface area contributed by atoms with Crippen molar-refractivity contribution in [3.05, 3.63) is 17.8 Å². The molecule has 0 unspecified atom stereocenters. The molecule has 0 spiro atoms. The monoisotopic (exact) mass is 205 g/mol. The number of nitrogens with two attached hydrogens (primary N) is 1. The summed E-state index contributed by atoms with van der Waals surface area (Å²) < 4.78 is 0. The van der Waals surface area contributed by atoms with E-state index in [0.29, 0.717) is 5.41 Å². The van der Waals surface area contributed by atoms with E-state index in [1.807, 2.05) is 19.2 Å². The molecule has 0 amide bonds. The number of hydrogen-bond donors (Lipinski definition) is 1. The molecule has 0 atom stereocenters. The van der Waals surface area contributed by atoms with Crippen LogP contribution in [0.3, 0.4) is 0 Å². The van der Waals surface area contributed by atoms with Gasteiger partial charge in [0, 0.05) is 31.0 Å². The molecule has 2 rings (SSSR count). The van der Waals surface area contributed by atoms with E-state index in [1.54, 1.807) is 0 Å². The van der Waals surface area contributed by atoms with Gasteiger partial charge in [0.2, 0.25) is 0 Å². The van der Waals surface area contributed by atoms with Gasteiger partial charge in [-0.25, -0.2) is 4.98 Å². The highest BCUT2D eigenvalue weighted by molar-refractivity contribution is 5.55. The molecule has 3 nitrogen and oxygen atoms in total. The molecule has 2 N–H and O–H groups in total. The number of nitrogen functional groups attached to an aromatic ring is 1. The van der Waals surface area contributed by atoms with Gasteiger partial charge in [-0.2, -0.15) is 0 Å². The highest BCUT2D eigenvalue weighted by Gasteiger charge is 2.29. The highest BCUT2D eigenvalue weighted by Crippen LogP contribution is 2.32. The number of anilines is 2. The molecule has 0 bridgehead atoms. The Morgan fingerprint density at radius 1 is 1.47 bits per heavy atom. The molecule has 1 saturated heterocycles. The standard InChI is InChI=1S/C12H19N3/c1-9-7-14-11(6-10(9)13)15-5-4-12(2,3)8-15/h6-7H,4-5,8H2,1-3H3,(H2,13,14). The van der Waals surface area contributed by atoms with E-state index in [2.05, 4.69) is 23.7 Å². The normalized spacial score (nSPS) is 19.5. The molecule has 1 aromatic rings. The summed E-state index contributed by atoms with van der Waals surface area (Å²) in [6.45, 7) is 8.74. The van der Waals surface area contributed by atoms with Gasteiger partial charge >= 0.3 is 0 Å². The van der Waals surface area contributed by atoms with Crippen LogP contribution in [0.2, 0.25) is 0 Å². The van der Waals surface area contributed by atoms with E-state index < -0.39 is 0 Å². The molecule has 1 aromatic heterocycles. The number of aryl methyl sites for hydroxylation is 1. The zero-order valence-corrected chi connectivity index (χ0v) is 9.75. The van der Waals surface area contributed by atoms with E-state index in [1.165, 1.54) is 6.42 Å². The summed E-state index contributed by atoms with van der Waals surface area (Å²) in [4.78, 5) is 6.75. The molecule has 1 fully saturated rings. The Labute approximate surface area is 91.3 Å². The van der Waals surface area contributed by atoms with Crippen LogP contribution in [0.5, 0.6) is 0 Å². The first-order valence-electron chi connectivity index (χ1n) is 5.45. The van der Waals surface area contributed by atoms with E-state index in [-0.39, 0.29) is 0 Å². The first kappa shape index (κ1) is 10.3. The Balaban J connectivity index is 2.21. The topological polar surface area (TPSA) is 42.2 Å². The average molecular weight is 205 g/mol. The Kier molecular flexibility index (Phi) is 2.33. The molecule has 0 aliphatic carbocycles. The van der Waals surface area contributed by atoms with Crippen molar-refractivity contribution >= 4 is 11.5 Å². The second kappa shape index (κ2) is 3.40. The molecule has 82 valence electrons. The maximum Gasteiger partial charge on any atom is 0.130 e. The van der Waals surface area contributed by atoms with Crippen LogP contribution >= 0.6 is 0 Å². The molecule has 0 saturated carbocycles. The van der Waals surface area contributed by atoms with Crippen LogP contribution in [0.1, 0.15) is 25.8 Å². The first-order chi connectivity index (χ1) is 6.98.